The Morgan fingerprint density at radius 1 is 1.04 bits per heavy atom. The fourth-order valence-corrected chi connectivity index (χ4v) is 6.05. The van der Waals surface area contributed by atoms with Crippen LogP contribution in [0.4, 0.5) is 26.3 Å². The van der Waals surface area contributed by atoms with Gasteiger partial charge in [-0.05, 0) is 60.2 Å². The first kappa shape index (κ1) is 17.4. The highest BCUT2D eigenvalue weighted by Crippen LogP contribution is 2.82. The van der Waals surface area contributed by atoms with Crippen molar-refractivity contribution in [3.8, 4) is 0 Å². The molecule has 0 aromatic heterocycles. The van der Waals surface area contributed by atoms with Crippen LogP contribution in [0.25, 0.3) is 0 Å². The van der Waals surface area contributed by atoms with E-state index in [0.29, 0.717) is 18.3 Å². The van der Waals surface area contributed by atoms with Crippen molar-refractivity contribution in [2.24, 2.45) is 40.9 Å². The Labute approximate surface area is 131 Å². The van der Waals surface area contributed by atoms with E-state index in [2.05, 4.69) is 6.92 Å². The molecule has 1 N–H and O–H groups in total. The van der Waals surface area contributed by atoms with Crippen LogP contribution in [0.2, 0.25) is 0 Å². The van der Waals surface area contributed by atoms with E-state index in [0.717, 1.165) is 6.42 Å². The average molecular weight is 344 g/mol. The van der Waals surface area contributed by atoms with Crippen LogP contribution < -0.4 is 0 Å². The van der Waals surface area contributed by atoms with Crippen molar-refractivity contribution in [2.45, 2.75) is 58.0 Å². The van der Waals surface area contributed by atoms with E-state index in [1.807, 2.05) is 13.8 Å². The smallest absolute Gasteiger partial charge is 0.374 e. The van der Waals surface area contributed by atoms with Gasteiger partial charge in [-0.1, -0.05) is 20.8 Å². The van der Waals surface area contributed by atoms with E-state index in [4.69, 9.17) is 0 Å². The third-order valence-electron chi connectivity index (χ3n) is 7.04. The second-order valence-corrected chi connectivity index (χ2v) is 8.26. The molecular formula is C16H22F6O. The first-order valence-corrected chi connectivity index (χ1v) is 8.12. The lowest BCUT2D eigenvalue weighted by Gasteiger charge is -2.39. The van der Waals surface area contributed by atoms with E-state index in [9.17, 15) is 31.4 Å². The van der Waals surface area contributed by atoms with Crippen LogP contribution in [0.5, 0.6) is 0 Å². The van der Waals surface area contributed by atoms with Gasteiger partial charge in [-0.25, -0.2) is 0 Å². The van der Waals surface area contributed by atoms with E-state index < -0.39 is 30.3 Å². The first-order chi connectivity index (χ1) is 10.3. The SMILES string of the molecule is CC(C)C1C2CC3(CC2CC(O)(C(F)(F)F)C(F)(F)F)C(C)C13. The second kappa shape index (κ2) is 4.58. The van der Waals surface area contributed by atoms with Crippen molar-refractivity contribution in [1.82, 2.24) is 0 Å². The predicted molar refractivity (Wildman–Crippen MR) is 71.3 cm³/mol. The summed E-state index contributed by atoms with van der Waals surface area (Å²) in [5.74, 6) is 0.387. The van der Waals surface area contributed by atoms with Gasteiger partial charge in [-0.15, -0.1) is 0 Å². The van der Waals surface area contributed by atoms with E-state index in [-0.39, 0.29) is 23.2 Å². The van der Waals surface area contributed by atoms with Crippen molar-refractivity contribution in [3.05, 3.63) is 0 Å². The lowest BCUT2D eigenvalue weighted by Crippen LogP contribution is -2.58. The van der Waals surface area contributed by atoms with Crippen molar-refractivity contribution < 1.29 is 31.4 Å². The van der Waals surface area contributed by atoms with Gasteiger partial charge in [0.2, 0.25) is 0 Å². The molecule has 0 aromatic rings. The van der Waals surface area contributed by atoms with Crippen molar-refractivity contribution in [1.29, 1.82) is 0 Å². The lowest BCUT2D eigenvalue weighted by atomic mass is 9.71. The molecule has 3 aliphatic carbocycles. The first-order valence-electron chi connectivity index (χ1n) is 8.12. The fraction of sp³-hybridized carbons (Fsp3) is 1.00. The van der Waals surface area contributed by atoms with Crippen LogP contribution in [0, 0.1) is 40.9 Å². The van der Waals surface area contributed by atoms with Gasteiger partial charge in [-0.3, -0.25) is 0 Å². The normalized spacial score (nSPS) is 43.2. The summed E-state index contributed by atoms with van der Waals surface area (Å²) in [7, 11) is 0. The second-order valence-electron chi connectivity index (χ2n) is 8.26. The van der Waals surface area contributed by atoms with Gasteiger partial charge in [0.15, 0.2) is 0 Å². The minimum absolute atomic E-state index is 0.0671. The minimum Gasteiger partial charge on any atom is -0.374 e. The monoisotopic (exact) mass is 344 g/mol. The summed E-state index contributed by atoms with van der Waals surface area (Å²) in [4.78, 5) is 0. The number of hydrogen-bond acceptors (Lipinski definition) is 1. The van der Waals surface area contributed by atoms with Crippen molar-refractivity contribution in [2.75, 3.05) is 0 Å². The number of aliphatic hydroxyl groups is 1. The lowest BCUT2D eigenvalue weighted by molar-refractivity contribution is -0.373. The number of fused-ring (bicyclic) bond motifs is 1. The summed E-state index contributed by atoms with van der Waals surface area (Å²) < 4.78 is 77.8. The molecule has 1 nitrogen and oxygen atoms in total. The molecule has 0 heterocycles. The Morgan fingerprint density at radius 3 is 1.96 bits per heavy atom. The highest BCUT2D eigenvalue weighted by Gasteiger charge is 2.78. The number of rotatable bonds is 3. The van der Waals surface area contributed by atoms with Crippen LogP contribution in [-0.4, -0.2) is 23.1 Å². The van der Waals surface area contributed by atoms with Crippen LogP contribution in [0.3, 0.4) is 0 Å². The average Bonchev–Trinajstić information content (AvgIpc) is 2.73. The summed E-state index contributed by atoms with van der Waals surface area (Å²) in [6, 6.07) is 0. The van der Waals surface area contributed by atoms with Gasteiger partial charge in [0.25, 0.3) is 5.60 Å². The molecule has 1 spiro atoms. The maximum Gasteiger partial charge on any atom is 0.426 e. The molecule has 0 saturated heterocycles. The van der Waals surface area contributed by atoms with Crippen LogP contribution >= 0.6 is 0 Å². The summed E-state index contributed by atoms with van der Waals surface area (Å²) in [6.45, 7) is 6.03. The van der Waals surface area contributed by atoms with Gasteiger partial charge in [0.1, 0.15) is 0 Å². The molecule has 0 aromatic carbocycles. The van der Waals surface area contributed by atoms with Crippen molar-refractivity contribution >= 4 is 0 Å². The number of hydrogen-bond donors (Lipinski definition) is 1. The quantitative estimate of drug-likeness (QED) is 0.730. The molecule has 0 amide bonds. The molecule has 134 valence electrons. The Morgan fingerprint density at radius 2 is 1.57 bits per heavy atom. The van der Waals surface area contributed by atoms with E-state index in [1.54, 1.807) is 0 Å². The molecule has 3 fully saturated rings. The molecule has 6 atom stereocenters. The molecule has 6 unspecified atom stereocenters. The Kier molecular flexibility index (Phi) is 3.46. The zero-order chi connectivity index (χ0) is 17.6. The largest absolute Gasteiger partial charge is 0.426 e. The van der Waals surface area contributed by atoms with Crippen LogP contribution in [0.1, 0.15) is 40.0 Å². The molecule has 3 aliphatic rings. The van der Waals surface area contributed by atoms with Gasteiger partial charge >= 0.3 is 12.4 Å². The number of halogens is 6. The fourth-order valence-electron chi connectivity index (χ4n) is 6.05. The maximum atomic E-state index is 13.0. The highest BCUT2D eigenvalue weighted by atomic mass is 19.4. The maximum absolute atomic E-state index is 13.0. The molecule has 0 aliphatic heterocycles. The zero-order valence-corrected chi connectivity index (χ0v) is 13.3. The van der Waals surface area contributed by atoms with E-state index >= 15 is 0 Å². The topological polar surface area (TPSA) is 20.2 Å². The molecule has 2 bridgehead atoms. The van der Waals surface area contributed by atoms with E-state index in [1.165, 1.54) is 0 Å². The Balaban J connectivity index is 1.86. The Bertz CT molecular complexity index is 482. The van der Waals surface area contributed by atoms with Gasteiger partial charge in [0, 0.05) is 0 Å². The van der Waals surface area contributed by atoms with Gasteiger partial charge < -0.3 is 5.11 Å². The molecule has 0 radical (unpaired) electrons. The standard InChI is InChI=1S/C16H22F6O/c1-7(2)11-10-6-13(8(3)12(11)13)4-9(10)5-14(23,15(17,18)19)16(20,21)22/h7-12,23H,4-6H2,1-3H3. The minimum atomic E-state index is -5.70. The highest BCUT2D eigenvalue weighted by molar-refractivity contribution is 5.24. The van der Waals surface area contributed by atoms with Gasteiger partial charge in [-0.2, -0.15) is 26.3 Å². The van der Waals surface area contributed by atoms with Gasteiger partial charge in [0.05, 0.1) is 0 Å². The molecule has 3 saturated carbocycles. The third-order valence-corrected chi connectivity index (χ3v) is 7.04. The Hall–Kier alpha value is -0.460. The molecular weight excluding hydrogens is 322 g/mol. The van der Waals surface area contributed by atoms with Crippen LogP contribution in [-0.2, 0) is 0 Å². The molecule has 23 heavy (non-hydrogen) atoms. The number of alkyl halides is 6. The predicted octanol–water partition coefficient (Wildman–Crippen LogP) is 4.80. The summed E-state index contributed by atoms with van der Waals surface area (Å²) in [5.41, 5.74) is -4.66. The summed E-state index contributed by atoms with van der Waals surface area (Å²) in [6.07, 6.45) is -11.5. The summed E-state index contributed by atoms with van der Waals surface area (Å²) >= 11 is 0. The third kappa shape index (κ3) is 2.10. The van der Waals surface area contributed by atoms with Crippen LogP contribution in [0.15, 0.2) is 0 Å². The zero-order valence-electron chi connectivity index (χ0n) is 13.3. The molecule has 3 rings (SSSR count). The summed E-state index contributed by atoms with van der Waals surface area (Å²) in [5, 5.41) is 9.51. The molecule has 7 heteroatoms. The van der Waals surface area contributed by atoms with Crippen molar-refractivity contribution in [3.63, 3.8) is 0 Å².